The summed E-state index contributed by atoms with van der Waals surface area (Å²) >= 11 is 0. The Morgan fingerprint density at radius 3 is 2.55 bits per heavy atom. The number of aromatic nitrogens is 1. The summed E-state index contributed by atoms with van der Waals surface area (Å²) in [7, 11) is 0. The number of rotatable bonds is 1. The zero-order valence-electron chi connectivity index (χ0n) is 7.26. The van der Waals surface area contributed by atoms with Crippen LogP contribution in [-0.2, 0) is 0 Å². The Bertz CT molecular complexity index is 254. The van der Waals surface area contributed by atoms with Gasteiger partial charge in [0.25, 0.3) is 0 Å². The minimum Gasteiger partial charge on any atom is -0.254 e. The molecule has 0 saturated carbocycles. The lowest BCUT2D eigenvalue weighted by atomic mass is 10.2. The van der Waals surface area contributed by atoms with Crippen molar-refractivity contribution in [3.05, 3.63) is 35.2 Å². The van der Waals surface area contributed by atoms with Crippen LogP contribution in [0.3, 0.4) is 0 Å². The molecule has 1 aromatic heterocycles. The highest BCUT2D eigenvalue weighted by molar-refractivity contribution is 5.45. The Kier molecular flexibility index (Phi) is 2.42. The van der Waals surface area contributed by atoms with E-state index in [1.165, 1.54) is 5.56 Å². The maximum absolute atomic E-state index is 4.34. The Balaban J connectivity index is 3.08. The Hall–Kier alpha value is -1.11. The van der Waals surface area contributed by atoms with E-state index in [2.05, 4.69) is 24.0 Å². The van der Waals surface area contributed by atoms with Crippen LogP contribution >= 0.6 is 0 Å². The Labute approximate surface area is 67.8 Å². The quantitative estimate of drug-likeness (QED) is 0.595. The second-order valence-electron chi connectivity index (χ2n) is 2.71. The first-order valence-corrected chi connectivity index (χ1v) is 3.80. The number of allylic oxidation sites excluding steroid dienone is 1. The van der Waals surface area contributed by atoms with Gasteiger partial charge in [0.1, 0.15) is 0 Å². The lowest BCUT2D eigenvalue weighted by Crippen LogP contribution is -1.86. The third-order valence-electron chi connectivity index (χ3n) is 1.45. The Morgan fingerprint density at radius 2 is 2.00 bits per heavy atom. The Morgan fingerprint density at radius 1 is 1.27 bits per heavy atom. The van der Waals surface area contributed by atoms with Gasteiger partial charge in [0.15, 0.2) is 0 Å². The molecule has 0 unspecified atom stereocenters. The molecule has 58 valence electrons. The van der Waals surface area contributed by atoms with Gasteiger partial charge < -0.3 is 0 Å². The predicted molar refractivity (Wildman–Crippen MR) is 48.4 cm³/mol. The van der Waals surface area contributed by atoms with Gasteiger partial charge in [-0.05, 0) is 44.5 Å². The van der Waals surface area contributed by atoms with Crippen molar-refractivity contribution in [1.82, 2.24) is 4.98 Å². The van der Waals surface area contributed by atoms with E-state index in [1.54, 1.807) is 0 Å². The van der Waals surface area contributed by atoms with Crippen LogP contribution in [0.1, 0.15) is 23.9 Å². The van der Waals surface area contributed by atoms with Gasteiger partial charge in [-0.25, -0.2) is 0 Å². The normalized spacial score (nSPS) is 10.8. The molecule has 0 radical (unpaired) electrons. The van der Waals surface area contributed by atoms with Crippen molar-refractivity contribution in [2.45, 2.75) is 20.8 Å². The minimum atomic E-state index is 1.05. The summed E-state index contributed by atoms with van der Waals surface area (Å²) in [6, 6.07) is 4.15. The van der Waals surface area contributed by atoms with Crippen molar-refractivity contribution in [2.24, 2.45) is 0 Å². The van der Waals surface area contributed by atoms with Gasteiger partial charge in [-0.15, -0.1) is 0 Å². The number of hydrogen-bond acceptors (Lipinski definition) is 1. The highest BCUT2D eigenvalue weighted by Gasteiger charge is 1.91. The zero-order valence-corrected chi connectivity index (χ0v) is 7.26. The molecule has 0 atom stereocenters. The molecule has 1 nitrogen and oxygen atoms in total. The predicted octanol–water partition coefficient (Wildman–Crippen LogP) is 2.73. The first kappa shape index (κ1) is 7.99. The van der Waals surface area contributed by atoms with Gasteiger partial charge in [0, 0.05) is 5.69 Å². The lowest BCUT2D eigenvalue weighted by Gasteiger charge is -1.97. The number of pyridine rings is 1. The molecule has 0 saturated heterocycles. The summed E-state index contributed by atoms with van der Waals surface area (Å²) in [6.07, 6.45) is 4.02. The molecule has 0 aliphatic carbocycles. The SMILES string of the molecule is C/C=C/c1cc(C)cc(C)n1. The lowest BCUT2D eigenvalue weighted by molar-refractivity contribution is 1.16. The second kappa shape index (κ2) is 3.33. The van der Waals surface area contributed by atoms with Crippen molar-refractivity contribution >= 4 is 6.08 Å². The molecule has 1 heteroatoms. The maximum Gasteiger partial charge on any atom is 0.0632 e. The average molecular weight is 147 g/mol. The van der Waals surface area contributed by atoms with Crippen LogP contribution in [0.4, 0.5) is 0 Å². The van der Waals surface area contributed by atoms with Crippen molar-refractivity contribution in [1.29, 1.82) is 0 Å². The number of nitrogens with zero attached hydrogens (tertiary/aromatic N) is 1. The van der Waals surface area contributed by atoms with E-state index in [0.717, 1.165) is 11.4 Å². The highest BCUT2D eigenvalue weighted by Crippen LogP contribution is 2.05. The van der Waals surface area contributed by atoms with Crippen molar-refractivity contribution < 1.29 is 0 Å². The molecule has 0 aromatic carbocycles. The van der Waals surface area contributed by atoms with Crippen molar-refractivity contribution in [3.63, 3.8) is 0 Å². The monoisotopic (exact) mass is 147 g/mol. The highest BCUT2D eigenvalue weighted by atomic mass is 14.7. The molecular weight excluding hydrogens is 134 g/mol. The largest absolute Gasteiger partial charge is 0.254 e. The number of aryl methyl sites for hydroxylation is 2. The van der Waals surface area contributed by atoms with Crippen molar-refractivity contribution in [2.75, 3.05) is 0 Å². The van der Waals surface area contributed by atoms with Gasteiger partial charge in [0.2, 0.25) is 0 Å². The first-order chi connectivity index (χ1) is 5.22. The maximum atomic E-state index is 4.34. The fourth-order valence-corrected chi connectivity index (χ4v) is 1.13. The first-order valence-electron chi connectivity index (χ1n) is 3.80. The molecule has 11 heavy (non-hydrogen) atoms. The van der Waals surface area contributed by atoms with Crippen LogP contribution in [0.25, 0.3) is 6.08 Å². The van der Waals surface area contributed by atoms with E-state index < -0.39 is 0 Å². The molecule has 0 fully saturated rings. The topological polar surface area (TPSA) is 12.9 Å². The van der Waals surface area contributed by atoms with Gasteiger partial charge in [-0.1, -0.05) is 6.08 Å². The van der Waals surface area contributed by atoms with E-state index in [0.29, 0.717) is 0 Å². The van der Waals surface area contributed by atoms with Gasteiger partial charge in [-0.2, -0.15) is 0 Å². The molecule has 0 N–H and O–H groups in total. The second-order valence-corrected chi connectivity index (χ2v) is 2.71. The molecular formula is C10H13N. The van der Waals surface area contributed by atoms with E-state index in [1.807, 2.05) is 26.0 Å². The third-order valence-corrected chi connectivity index (χ3v) is 1.45. The van der Waals surface area contributed by atoms with Crippen LogP contribution in [0.2, 0.25) is 0 Å². The fourth-order valence-electron chi connectivity index (χ4n) is 1.13. The summed E-state index contributed by atoms with van der Waals surface area (Å²) in [6.45, 7) is 6.10. The molecule has 0 spiro atoms. The summed E-state index contributed by atoms with van der Waals surface area (Å²) in [5.41, 5.74) is 3.40. The van der Waals surface area contributed by atoms with Crippen molar-refractivity contribution in [3.8, 4) is 0 Å². The number of hydrogen-bond donors (Lipinski definition) is 0. The molecule has 1 heterocycles. The van der Waals surface area contributed by atoms with Crippen LogP contribution in [0.15, 0.2) is 18.2 Å². The summed E-state index contributed by atoms with van der Waals surface area (Å²) < 4.78 is 0. The third kappa shape index (κ3) is 2.19. The zero-order chi connectivity index (χ0) is 8.27. The van der Waals surface area contributed by atoms with Gasteiger partial charge >= 0.3 is 0 Å². The van der Waals surface area contributed by atoms with Crippen LogP contribution in [0, 0.1) is 13.8 Å². The smallest absolute Gasteiger partial charge is 0.0632 e. The van der Waals surface area contributed by atoms with Crippen LogP contribution in [-0.4, -0.2) is 4.98 Å². The molecule has 0 bridgehead atoms. The van der Waals surface area contributed by atoms with E-state index >= 15 is 0 Å². The van der Waals surface area contributed by atoms with Crippen LogP contribution in [0.5, 0.6) is 0 Å². The van der Waals surface area contributed by atoms with Crippen LogP contribution < -0.4 is 0 Å². The minimum absolute atomic E-state index is 1.05. The molecule has 0 aliphatic rings. The molecule has 0 aliphatic heterocycles. The van der Waals surface area contributed by atoms with E-state index in [-0.39, 0.29) is 0 Å². The summed E-state index contributed by atoms with van der Waals surface area (Å²) in [4.78, 5) is 4.34. The van der Waals surface area contributed by atoms with E-state index in [9.17, 15) is 0 Å². The summed E-state index contributed by atoms with van der Waals surface area (Å²) in [5, 5.41) is 0. The average Bonchev–Trinajstić information content (AvgIpc) is 1.85. The van der Waals surface area contributed by atoms with Gasteiger partial charge in [0.05, 0.1) is 5.69 Å². The fraction of sp³-hybridized carbons (Fsp3) is 0.300. The van der Waals surface area contributed by atoms with Gasteiger partial charge in [-0.3, -0.25) is 4.98 Å². The molecule has 1 aromatic rings. The molecule has 1 rings (SSSR count). The van der Waals surface area contributed by atoms with E-state index in [4.69, 9.17) is 0 Å². The standard InChI is InChI=1S/C10H13N/c1-4-5-10-7-8(2)6-9(3)11-10/h4-7H,1-3H3/b5-4+. The molecule has 0 amide bonds. The summed E-state index contributed by atoms with van der Waals surface area (Å²) in [5.74, 6) is 0.